The van der Waals surface area contributed by atoms with Crippen molar-refractivity contribution >= 4 is 34.8 Å². The molecule has 0 aliphatic carbocycles. The maximum absolute atomic E-state index is 12.3. The number of benzene rings is 1. The van der Waals surface area contributed by atoms with Gasteiger partial charge in [0.15, 0.2) is 5.13 Å². The minimum Gasteiger partial charge on any atom is -0.497 e. The van der Waals surface area contributed by atoms with Gasteiger partial charge in [-0.2, -0.15) is 0 Å². The van der Waals surface area contributed by atoms with Crippen LogP contribution in [0.3, 0.4) is 0 Å². The van der Waals surface area contributed by atoms with Gasteiger partial charge in [-0.1, -0.05) is 0 Å². The van der Waals surface area contributed by atoms with E-state index in [0.29, 0.717) is 23.2 Å². The van der Waals surface area contributed by atoms with Crippen molar-refractivity contribution < 1.29 is 14.3 Å². The lowest BCUT2D eigenvalue weighted by atomic mass is 10.1. The lowest BCUT2D eigenvalue weighted by Crippen LogP contribution is -2.36. The number of anilines is 1. The summed E-state index contributed by atoms with van der Waals surface area (Å²) in [5.41, 5.74) is 0.892. The summed E-state index contributed by atoms with van der Waals surface area (Å²) in [7, 11) is 4.94. The van der Waals surface area contributed by atoms with Crippen LogP contribution in [0, 0.1) is 0 Å². The molecule has 1 heterocycles. The number of methoxy groups -OCH3 is 2. The highest BCUT2D eigenvalue weighted by Crippen LogP contribution is 2.28. The smallest absolute Gasteiger partial charge is 0.243 e. The van der Waals surface area contributed by atoms with Gasteiger partial charge in [0.2, 0.25) is 5.91 Å². The summed E-state index contributed by atoms with van der Waals surface area (Å²) in [6.45, 7) is 0.638. The van der Waals surface area contributed by atoms with Gasteiger partial charge < -0.3 is 14.8 Å². The molecule has 2 aromatic rings. The minimum absolute atomic E-state index is 0. The Morgan fingerprint density at radius 3 is 2.70 bits per heavy atom. The van der Waals surface area contributed by atoms with Gasteiger partial charge in [-0.25, -0.2) is 4.98 Å². The van der Waals surface area contributed by atoms with E-state index in [9.17, 15) is 4.79 Å². The molecule has 0 atom stereocenters. The largest absolute Gasteiger partial charge is 0.497 e. The molecule has 0 bridgehead atoms. The Kier molecular flexibility index (Phi) is 7.80. The van der Waals surface area contributed by atoms with Crippen LogP contribution in [0.4, 0.5) is 5.13 Å². The Morgan fingerprint density at radius 2 is 2.13 bits per heavy atom. The number of hydrogen-bond donors (Lipinski definition) is 1. The summed E-state index contributed by atoms with van der Waals surface area (Å²) in [5, 5.41) is 5.39. The average molecular weight is 358 g/mol. The predicted octanol–water partition coefficient (Wildman–Crippen LogP) is 2.33. The van der Waals surface area contributed by atoms with E-state index in [4.69, 9.17) is 9.47 Å². The van der Waals surface area contributed by atoms with Crippen molar-refractivity contribution in [1.29, 1.82) is 0 Å². The second-order valence-electron chi connectivity index (χ2n) is 4.50. The quantitative estimate of drug-likeness (QED) is 0.824. The second-order valence-corrected chi connectivity index (χ2v) is 5.38. The lowest BCUT2D eigenvalue weighted by Gasteiger charge is -2.21. The molecule has 126 valence electrons. The van der Waals surface area contributed by atoms with Gasteiger partial charge >= 0.3 is 0 Å². The fourth-order valence-electron chi connectivity index (χ4n) is 2.01. The van der Waals surface area contributed by atoms with Crippen molar-refractivity contribution in [3.8, 4) is 11.5 Å². The number of halogens is 1. The van der Waals surface area contributed by atoms with Crippen LogP contribution in [0.2, 0.25) is 0 Å². The topological polar surface area (TPSA) is 63.7 Å². The summed E-state index contributed by atoms with van der Waals surface area (Å²) in [6.07, 6.45) is 1.69. The Balaban J connectivity index is 0.00000264. The third-order valence-electron chi connectivity index (χ3n) is 3.10. The number of nitrogens with one attached hydrogen (secondary N) is 1. The molecule has 1 amide bonds. The monoisotopic (exact) mass is 357 g/mol. The van der Waals surface area contributed by atoms with Crippen molar-refractivity contribution in [3.05, 3.63) is 35.3 Å². The number of carbonyl (C=O) groups is 1. The minimum atomic E-state index is -0.0460. The highest BCUT2D eigenvalue weighted by molar-refractivity contribution is 7.13. The third kappa shape index (κ3) is 4.82. The molecular weight excluding hydrogens is 338 g/mol. The molecule has 0 spiro atoms. The molecule has 0 radical (unpaired) electrons. The van der Waals surface area contributed by atoms with Crippen LogP contribution < -0.4 is 19.7 Å². The molecule has 0 aliphatic rings. The van der Waals surface area contributed by atoms with E-state index >= 15 is 0 Å². The molecule has 0 saturated carbocycles. The number of thiazole rings is 1. The molecule has 1 aromatic heterocycles. The summed E-state index contributed by atoms with van der Waals surface area (Å²) in [5.74, 6) is 1.34. The molecule has 23 heavy (non-hydrogen) atoms. The van der Waals surface area contributed by atoms with Crippen LogP contribution >= 0.6 is 23.7 Å². The zero-order valence-electron chi connectivity index (χ0n) is 13.2. The Hall–Kier alpha value is -1.83. The normalized spacial score (nSPS) is 9.87. The summed E-state index contributed by atoms with van der Waals surface area (Å²) < 4.78 is 10.6. The SMILES string of the molecule is CNCC(=O)N(Cc1ccc(OC)cc1OC)c1nccs1.Cl. The van der Waals surface area contributed by atoms with Crippen LogP contribution in [0.5, 0.6) is 11.5 Å². The van der Waals surface area contributed by atoms with E-state index in [-0.39, 0.29) is 24.9 Å². The van der Waals surface area contributed by atoms with Crippen molar-refractivity contribution in [3.63, 3.8) is 0 Å². The summed E-state index contributed by atoms with van der Waals surface area (Å²) >= 11 is 1.43. The molecule has 0 fully saturated rings. The zero-order valence-corrected chi connectivity index (χ0v) is 14.9. The van der Waals surface area contributed by atoms with E-state index in [1.807, 2.05) is 17.5 Å². The molecule has 6 nitrogen and oxygen atoms in total. The summed E-state index contributed by atoms with van der Waals surface area (Å²) in [4.78, 5) is 18.2. The van der Waals surface area contributed by atoms with E-state index in [0.717, 1.165) is 5.56 Å². The maximum atomic E-state index is 12.3. The Morgan fingerprint density at radius 1 is 1.35 bits per heavy atom. The average Bonchev–Trinajstić information content (AvgIpc) is 3.06. The van der Waals surface area contributed by atoms with Crippen LogP contribution in [0.15, 0.2) is 29.8 Å². The Labute approximate surface area is 145 Å². The first-order valence-corrected chi connectivity index (χ1v) is 7.63. The fourth-order valence-corrected chi connectivity index (χ4v) is 2.67. The number of ether oxygens (including phenoxy) is 2. The zero-order chi connectivity index (χ0) is 15.9. The van der Waals surface area contributed by atoms with Crippen molar-refractivity contribution in [2.45, 2.75) is 6.54 Å². The predicted molar refractivity (Wildman–Crippen MR) is 94.0 cm³/mol. The second kappa shape index (κ2) is 9.34. The van der Waals surface area contributed by atoms with E-state index in [1.54, 1.807) is 38.4 Å². The fraction of sp³-hybridized carbons (Fsp3) is 0.333. The molecule has 8 heteroatoms. The number of likely N-dealkylation sites (N-methyl/N-ethyl adjacent to an activating group) is 1. The first-order chi connectivity index (χ1) is 10.7. The van der Waals surface area contributed by atoms with Crippen molar-refractivity contribution in [2.75, 3.05) is 32.7 Å². The third-order valence-corrected chi connectivity index (χ3v) is 3.90. The molecule has 0 unspecified atom stereocenters. The van der Waals surface area contributed by atoms with Crippen molar-refractivity contribution in [2.24, 2.45) is 0 Å². The van der Waals surface area contributed by atoms with Gasteiger partial charge in [0.25, 0.3) is 0 Å². The van der Waals surface area contributed by atoms with Gasteiger partial charge in [0, 0.05) is 23.2 Å². The highest BCUT2D eigenvalue weighted by atomic mass is 35.5. The molecule has 1 aromatic carbocycles. The number of rotatable bonds is 7. The Bertz CT molecular complexity index is 622. The van der Waals surface area contributed by atoms with Crippen LogP contribution in [-0.2, 0) is 11.3 Å². The number of nitrogens with zero attached hydrogens (tertiary/aromatic N) is 2. The molecular formula is C15H20ClN3O3S. The van der Waals surface area contributed by atoms with Crippen LogP contribution in [-0.4, -0.2) is 38.7 Å². The van der Waals surface area contributed by atoms with Gasteiger partial charge in [0.05, 0.1) is 27.3 Å². The van der Waals surface area contributed by atoms with Gasteiger partial charge in [-0.05, 0) is 19.2 Å². The first-order valence-electron chi connectivity index (χ1n) is 6.75. The van der Waals surface area contributed by atoms with E-state index in [2.05, 4.69) is 10.3 Å². The highest BCUT2D eigenvalue weighted by Gasteiger charge is 2.19. The number of hydrogen-bond acceptors (Lipinski definition) is 6. The lowest BCUT2D eigenvalue weighted by molar-refractivity contribution is -0.117. The van der Waals surface area contributed by atoms with Crippen LogP contribution in [0.1, 0.15) is 5.56 Å². The maximum Gasteiger partial charge on any atom is 0.243 e. The standard InChI is InChI=1S/C15H19N3O3S.ClH/c1-16-9-14(19)18(15-17-6-7-22-15)10-11-4-5-12(20-2)8-13(11)21-3;/h4-8,16H,9-10H2,1-3H3;1H. The summed E-state index contributed by atoms with van der Waals surface area (Å²) in [6, 6.07) is 5.54. The van der Waals surface area contributed by atoms with Gasteiger partial charge in [-0.15, -0.1) is 23.7 Å². The molecule has 2 rings (SSSR count). The van der Waals surface area contributed by atoms with Crippen molar-refractivity contribution in [1.82, 2.24) is 10.3 Å². The van der Waals surface area contributed by atoms with Gasteiger partial charge in [-0.3, -0.25) is 9.69 Å². The number of carbonyl (C=O) groups excluding carboxylic acids is 1. The molecule has 0 saturated heterocycles. The van der Waals surface area contributed by atoms with Crippen LogP contribution in [0.25, 0.3) is 0 Å². The van der Waals surface area contributed by atoms with Gasteiger partial charge in [0.1, 0.15) is 11.5 Å². The van der Waals surface area contributed by atoms with E-state index < -0.39 is 0 Å². The number of amides is 1. The number of aromatic nitrogens is 1. The first kappa shape index (κ1) is 19.2. The molecule has 0 aliphatic heterocycles. The van der Waals surface area contributed by atoms with E-state index in [1.165, 1.54) is 11.3 Å². The molecule has 1 N–H and O–H groups in total.